The van der Waals surface area contributed by atoms with Gasteiger partial charge in [-0.25, -0.2) is 4.99 Å². The summed E-state index contributed by atoms with van der Waals surface area (Å²) in [6.45, 7) is 7.14. The van der Waals surface area contributed by atoms with Crippen LogP contribution in [0.2, 0.25) is 0 Å². The normalized spacial score (nSPS) is 11.6. The molecule has 2 aromatic rings. The van der Waals surface area contributed by atoms with E-state index in [0.29, 0.717) is 6.54 Å². The van der Waals surface area contributed by atoms with E-state index in [0.717, 1.165) is 43.5 Å². The number of aromatic nitrogens is 2. The first-order chi connectivity index (χ1) is 10.3. The van der Waals surface area contributed by atoms with Crippen molar-refractivity contribution in [2.24, 2.45) is 4.99 Å². The molecule has 2 heterocycles. The maximum Gasteiger partial charge on any atom is 0.191 e. The Balaban J connectivity index is 1.83. The fourth-order valence-corrected chi connectivity index (χ4v) is 1.92. The highest BCUT2D eigenvalue weighted by Crippen LogP contribution is 2.05. The first kappa shape index (κ1) is 15.2. The van der Waals surface area contributed by atoms with Crippen LogP contribution in [0.5, 0.6) is 0 Å². The zero-order valence-corrected chi connectivity index (χ0v) is 12.7. The molecule has 0 aliphatic carbocycles. The predicted octanol–water partition coefficient (Wildman–Crippen LogP) is 1.79. The molecule has 0 bridgehead atoms. The molecule has 0 aliphatic rings. The molecule has 0 fully saturated rings. The maximum atomic E-state index is 5.23. The molecule has 0 unspecified atom stereocenters. The summed E-state index contributed by atoms with van der Waals surface area (Å²) in [5.41, 5.74) is 0.964. The zero-order chi connectivity index (χ0) is 14.9. The van der Waals surface area contributed by atoms with Crippen molar-refractivity contribution in [1.29, 1.82) is 0 Å². The highest BCUT2D eigenvalue weighted by molar-refractivity contribution is 5.79. The number of aryl methyl sites for hydroxylation is 1. The lowest BCUT2D eigenvalue weighted by Crippen LogP contribution is -2.38. The van der Waals surface area contributed by atoms with Crippen LogP contribution in [-0.2, 0) is 19.5 Å². The van der Waals surface area contributed by atoms with E-state index in [-0.39, 0.29) is 0 Å². The van der Waals surface area contributed by atoms with Gasteiger partial charge in [-0.3, -0.25) is 0 Å². The average molecular weight is 289 g/mol. The Hall–Kier alpha value is -2.24. The highest BCUT2D eigenvalue weighted by atomic mass is 16.5. The second-order valence-electron chi connectivity index (χ2n) is 4.68. The molecule has 0 spiro atoms. The van der Waals surface area contributed by atoms with Crippen LogP contribution in [-0.4, -0.2) is 28.8 Å². The number of nitrogens with one attached hydrogen (secondary N) is 2. The van der Waals surface area contributed by atoms with Crippen molar-refractivity contribution >= 4 is 5.96 Å². The van der Waals surface area contributed by atoms with E-state index in [2.05, 4.69) is 32.3 Å². The summed E-state index contributed by atoms with van der Waals surface area (Å²) in [7, 11) is 0. The number of hydrogen-bond donors (Lipinski definition) is 2. The van der Waals surface area contributed by atoms with Gasteiger partial charge in [-0.05, 0) is 25.5 Å². The number of aliphatic imine (C=N–C) groups is 1. The van der Waals surface area contributed by atoms with Crippen molar-refractivity contribution in [3.05, 3.63) is 42.0 Å². The third-order valence-corrected chi connectivity index (χ3v) is 3.04. The van der Waals surface area contributed by atoms with Gasteiger partial charge in [-0.2, -0.15) is 0 Å². The van der Waals surface area contributed by atoms with E-state index in [1.54, 1.807) is 0 Å². The van der Waals surface area contributed by atoms with Crippen molar-refractivity contribution in [3.63, 3.8) is 0 Å². The molecule has 0 aromatic carbocycles. The Morgan fingerprint density at radius 3 is 2.76 bits per heavy atom. The van der Waals surface area contributed by atoms with Crippen LogP contribution < -0.4 is 10.6 Å². The number of rotatable bonds is 7. The van der Waals surface area contributed by atoms with Gasteiger partial charge < -0.3 is 19.7 Å². The lowest BCUT2D eigenvalue weighted by atomic mass is 10.3. The third-order valence-electron chi connectivity index (χ3n) is 3.04. The monoisotopic (exact) mass is 289 g/mol. The summed E-state index contributed by atoms with van der Waals surface area (Å²) in [5, 5.41) is 10.5. The smallest absolute Gasteiger partial charge is 0.191 e. The van der Waals surface area contributed by atoms with Crippen molar-refractivity contribution in [2.45, 2.75) is 33.4 Å². The summed E-state index contributed by atoms with van der Waals surface area (Å²) in [6.07, 6.45) is 4.97. The van der Waals surface area contributed by atoms with Crippen molar-refractivity contribution in [1.82, 2.24) is 20.4 Å². The lowest BCUT2D eigenvalue weighted by molar-refractivity contribution is 0.379. The SMILES string of the molecule is CCNC(=NCc1cc(CC)no1)NCCn1cccc1. The molecule has 21 heavy (non-hydrogen) atoms. The molecule has 0 atom stereocenters. The van der Waals surface area contributed by atoms with Crippen LogP contribution in [0.15, 0.2) is 40.1 Å². The largest absolute Gasteiger partial charge is 0.359 e. The van der Waals surface area contributed by atoms with Gasteiger partial charge in [0.1, 0.15) is 6.54 Å². The van der Waals surface area contributed by atoms with Crippen LogP contribution in [0.4, 0.5) is 0 Å². The first-order valence-corrected chi connectivity index (χ1v) is 7.39. The average Bonchev–Trinajstić information content (AvgIpc) is 3.16. The van der Waals surface area contributed by atoms with Crippen LogP contribution in [0.25, 0.3) is 0 Å². The second kappa shape index (κ2) is 8.14. The Labute approximate surface area is 125 Å². The molecule has 0 saturated heterocycles. The van der Waals surface area contributed by atoms with Crippen LogP contribution in [0.3, 0.4) is 0 Å². The van der Waals surface area contributed by atoms with Gasteiger partial charge >= 0.3 is 0 Å². The summed E-state index contributed by atoms with van der Waals surface area (Å²) in [5.74, 6) is 1.58. The van der Waals surface area contributed by atoms with Crippen molar-refractivity contribution in [2.75, 3.05) is 13.1 Å². The predicted molar refractivity (Wildman–Crippen MR) is 83.1 cm³/mol. The molecule has 0 radical (unpaired) electrons. The topological polar surface area (TPSA) is 67.4 Å². The van der Waals surface area contributed by atoms with Crippen molar-refractivity contribution < 1.29 is 4.52 Å². The van der Waals surface area contributed by atoms with E-state index < -0.39 is 0 Å². The first-order valence-electron chi connectivity index (χ1n) is 7.39. The maximum absolute atomic E-state index is 5.23. The number of hydrogen-bond acceptors (Lipinski definition) is 3. The minimum absolute atomic E-state index is 0.492. The molecule has 6 heteroatoms. The summed E-state index contributed by atoms with van der Waals surface area (Å²) in [4.78, 5) is 4.50. The quantitative estimate of drug-likeness (QED) is 0.602. The molecule has 0 amide bonds. The van der Waals surface area contributed by atoms with Gasteiger partial charge in [0.15, 0.2) is 11.7 Å². The number of guanidine groups is 1. The van der Waals surface area contributed by atoms with Gasteiger partial charge in [0.05, 0.1) is 5.69 Å². The summed E-state index contributed by atoms with van der Waals surface area (Å²) >= 11 is 0. The molecule has 6 nitrogen and oxygen atoms in total. The van der Waals surface area contributed by atoms with Crippen LogP contribution in [0, 0.1) is 0 Å². The molecule has 0 saturated carbocycles. The summed E-state index contributed by atoms with van der Waals surface area (Å²) in [6, 6.07) is 6.00. The molecular weight excluding hydrogens is 266 g/mol. The van der Waals surface area contributed by atoms with Gasteiger partial charge in [0.2, 0.25) is 0 Å². The Morgan fingerprint density at radius 2 is 2.10 bits per heavy atom. The Kier molecular flexibility index (Phi) is 5.87. The summed E-state index contributed by atoms with van der Waals surface area (Å²) < 4.78 is 7.36. The molecule has 0 aliphatic heterocycles. The molecule has 2 rings (SSSR count). The third kappa shape index (κ3) is 4.98. The van der Waals surface area contributed by atoms with Crippen LogP contribution in [0.1, 0.15) is 25.3 Å². The van der Waals surface area contributed by atoms with Gasteiger partial charge in [0, 0.05) is 38.1 Å². The molecule has 2 N–H and O–H groups in total. The van der Waals surface area contributed by atoms with E-state index in [1.165, 1.54) is 0 Å². The lowest BCUT2D eigenvalue weighted by Gasteiger charge is -2.11. The fraction of sp³-hybridized carbons (Fsp3) is 0.467. The fourth-order valence-electron chi connectivity index (χ4n) is 1.92. The van der Waals surface area contributed by atoms with E-state index in [9.17, 15) is 0 Å². The molecular formula is C15H23N5O. The minimum Gasteiger partial charge on any atom is -0.359 e. The van der Waals surface area contributed by atoms with Gasteiger partial charge in [0.25, 0.3) is 0 Å². The van der Waals surface area contributed by atoms with E-state index in [4.69, 9.17) is 4.52 Å². The van der Waals surface area contributed by atoms with Crippen molar-refractivity contribution in [3.8, 4) is 0 Å². The Bertz CT molecular complexity index is 544. The van der Waals surface area contributed by atoms with Crippen LogP contribution >= 0.6 is 0 Å². The molecule has 114 valence electrons. The van der Waals surface area contributed by atoms with E-state index >= 15 is 0 Å². The standard InChI is InChI=1S/C15H23N5O/c1-3-13-11-14(21-19-13)12-18-15(16-4-2)17-7-10-20-8-5-6-9-20/h5-6,8-9,11H,3-4,7,10,12H2,1-2H3,(H2,16,17,18). The minimum atomic E-state index is 0.492. The highest BCUT2D eigenvalue weighted by Gasteiger charge is 2.03. The van der Waals surface area contributed by atoms with Gasteiger partial charge in [-0.15, -0.1) is 0 Å². The number of nitrogens with zero attached hydrogens (tertiary/aromatic N) is 3. The zero-order valence-electron chi connectivity index (χ0n) is 12.7. The van der Waals surface area contributed by atoms with E-state index in [1.807, 2.05) is 37.5 Å². The second-order valence-corrected chi connectivity index (χ2v) is 4.68. The van der Waals surface area contributed by atoms with Gasteiger partial charge in [-0.1, -0.05) is 12.1 Å². The Morgan fingerprint density at radius 1 is 1.29 bits per heavy atom. The molecule has 2 aromatic heterocycles.